The van der Waals surface area contributed by atoms with Crippen molar-refractivity contribution in [3.8, 4) is 11.5 Å². The fourth-order valence-electron chi connectivity index (χ4n) is 3.80. The number of benzene rings is 3. The Bertz CT molecular complexity index is 1430. The second-order valence-corrected chi connectivity index (χ2v) is 8.46. The number of amides is 1. The highest BCUT2D eigenvalue weighted by molar-refractivity contribution is 6.33. The van der Waals surface area contributed by atoms with Crippen LogP contribution in [0.25, 0.3) is 10.9 Å². The van der Waals surface area contributed by atoms with Gasteiger partial charge in [-0.25, -0.2) is 0 Å². The molecule has 0 saturated carbocycles. The summed E-state index contributed by atoms with van der Waals surface area (Å²) in [6.07, 6.45) is 0. The molecule has 1 aliphatic rings. The number of rotatable bonds is 5. The van der Waals surface area contributed by atoms with Gasteiger partial charge in [0.2, 0.25) is 6.79 Å². The van der Waals surface area contributed by atoms with Gasteiger partial charge in [0, 0.05) is 28.6 Å². The third kappa shape index (κ3) is 4.27. The number of ether oxygens (including phenoxy) is 2. The van der Waals surface area contributed by atoms with Crippen molar-refractivity contribution in [1.82, 2.24) is 9.88 Å². The summed E-state index contributed by atoms with van der Waals surface area (Å²) in [6.45, 7) is 0.415. The quantitative estimate of drug-likeness (QED) is 0.414. The average Bonchev–Trinajstić information content (AvgIpc) is 3.26. The van der Waals surface area contributed by atoms with Gasteiger partial charge in [-0.3, -0.25) is 9.59 Å². The number of carbonyl (C=O) groups excluding carboxylic acids is 1. The molecule has 1 amide bonds. The Kier molecular flexibility index (Phi) is 5.70. The number of carbonyl (C=O) groups is 1. The summed E-state index contributed by atoms with van der Waals surface area (Å²) >= 11 is 12.7. The molecule has 166 valence electrons. The van der Waals surface area contributed by atoms with Crippen molar-refractivity contribution in [2.45, 2.75) is 13.1 Å². The van der Waals surface area contributed by atoms with E-state index in [2.05, 4.69) is 4.98 Å². The van der Waals surface area contributed by atoms with E-state index in [-0.39, 0.29) is 31.3 Å². The topological polar surface area (TPSA) is 71.6 Å². The van der Waals surface area contributed by atoms with Crippen LogP contribution >= 0.6 is 23.2 Å². The Morgan fingerprint density at radius 1 is 0.879 bits per heavy atom. The molecular formula is C25H18Cl2N2O4. The minimum Gasteiger partial charge on any atom is -0.454 e. The maximum atomic E-state index is 13.5. The van der Waals surface area contributed by atoms with E-state index in [0.29, 0.717) is 38.2 Å². The van der Waals surface area contributed by atoms with E-state index in [9.17, 15) is 9.59 Å². The van der Waals surface area contributed by atoms with Gasteiger partial charge in [-0.05, 0) is 35.9 Å². The molecule has 0 bridgehead atoms. The highest BCUT2D eigenvalue weighted by atomic mass is 35.5. The zero-order valence-corrected chi connectivity index (χ0v) is 18.8. The lowest BCUT2D eigenvalue weighted by atomic mass is 10.1. The van der Waals surface area contributed by atoms with E-state index in [0.717, 1.165) is 10.9 Å². The Morgan fingerprint density at radius 2 is 1.55 bits per heavy atom. The summed E-state index contributed by atoms with van der Waals surface area (Å²) in [7, 11) is 0. The molecule has 0 aliphatic carbocycles. The molecule has 3 aromatic carbocycles. The molecular weight excluding hydrogens is 463 g/mol. The molecule has 5 rings (SSSR count). The lowest BCUT2D eigenvalue weighted by molar-refractivity contribution is 0.0729. The second-order valence-electron chi connectivity index (χ2n) is 7.65. The third-order valence-corrected chi connectivity index (χ3v) is 6.18. The molecule has 1 aliphatic heterocycles. The molecule has 0 fully saturated rings. The van der Waals surface area contributed by atoms with Crippen LogP contribution in [0.1, 0.15) is 21.5 Å². The molecule has 0 unspecified atom stereocenters. The van der Waals surface area contributed by atoms with Crippen LogP contribution in [0.3, 0.4) is 0 Å². The van der Waals surface area contributed by atoms with Crippen LogP contribution in [0.2, 0.25) is 10.0 Å². The van der Waals surface area contributed by atoms with Gasteiger partial charge < -0.3 is 19.4 Å². The van der Waals surface area contributed by atoms with Gasteiger partial charge in [0.1, 0.15) is 0 Å². The number of aromatic nitrogens is 1. The molecule has 0 atom stereocenters. The predicted octanol–water partition coefficient (Wildman–Crippen LogP) is 5.41. The standard InChI is InChI=1S/C25H18Cl2N2O4/c26-19-7-3-1-5-15(19)12-29(25(31)18-6-2-4-8-20(18)27)13-17-9-16-10-22-23(33-14-32-22)11-21(16)28-24(17)30/h1-11H,12-14H2,(H,28,30). The predicted molar refractivity (Wildman–Crippen MR) is 127 cm³/mol. The molecule has 8 heteroatoms. The first kappa shape index (κ1) is 21.4. The maximum absolute atomic E-state index is 13.5. The minimum absolute atomic E-state index is 0.0645. The van der Waals surface area contributed by atoms with Crippen molar-refractivity contribution < 1.29 is 14.3 Å². The molecule has 0 radical (unpaired) electrons. The third-order valence-electron chi connectivity index (χ3n) is 5.49. The summed E-state index contributed by atoms with van der Waals surface area (Å²) in [4.78, 5) is 30.8. The van der Waals surface area contributed by atoms with Crippen molar-refractivity contribution in [3.63, 3.8) is 0 Å². The van der Waals surface area contributed by atoms with Crippen LogP contribution in [-0.2, 0) is 13.1 Å². The van der Waals surface area contributed by atoms with Crippen molar-refractivity contribution in [1.29, 1.82) is 0 Å². The summed E-state index contributed by atoms with van der Waals surface area (Å²) in [6, 6.07) is 19.4. The molecule has 33 heavy (non-hydrogen) atoms. The van der Waals surface area contributed by atoms with Crippen molar-refractivity contribution in [2.24, 2.45) is 0 Å². The average molecular weight is 481 g/mol. The van der Waals surface area contributed by atoms with Gasteiger partial charge in [-0.2, -0.15) is 0 Å². The Hall–Kier alpha value is -3.48. The number of nitrogens with one attached hydrogen (secondary N) is 1. The van der Waals surface area contributed by atoms with Gasteiger partial charge in [-0.1, -0.05) is 53.5 Å². The van der Waals surface area contributed by atoms with Crippen molar-refractivity contribution in [3.05, 3.63) is 104 Å². The van der Waals surface area contributed by atoms with E-state index in [1.165, 1.54) is 0 Å². The maximum Gasteiger partial charge on any atom is 0.255 e. The fourth-order valence-corrected chi connectivity index (χ4v) is 4.21. The number of pyridine rings is 1. The monoisotopic (exact) mass is 480 g/mol. The Balaban J connectivity index is 1.54. The van der Waals surface area contributed by atoms with Crippen LogP contribution in [-0.4, -0.2) is 22.6 Å². The van der Waals surface area contributed by atoms with E-state index < -0.39 is 0 Å². The SMILES string of the molecule is O=C(c1ccccc1Cl)N(Cc1ccccc1Cl)Cc1cc2cc3c(cc2[nH]c1=O)OCO3. The van der Waals surface area contributed by atoms with Crippen molar-refractivity contribution >= 4 is 40.0 Å². The second kappa shape index (κ2) is 8.81. The number of hydrogen-bond donors (Lipinski definition) is 1. The first-order chi connectivity index (χ1) is 16.0. The smallest absolute Gasteiger partial charge is 0.255 e. The number of fused-ring (bicyclic) bond motifs is 2. The molecule has 0 spiro atoms. The molecule has 4 aromatic rings. The van der Waals surface area contributed by atoms with Crippen LogP contribution in [0.5, 0.6) is 11.5 Å². The van der Waals surface area contributed by atoms with E-state index >= 15 is 0 Å². The van der Waals surface area contributed by atoms with Gasteiger partial charge in [0.15, 0.2) is 11.5 Å². The molecule has 6 nitrogen and oxygen atoms in total. The van der Waals surface area contributed by atoms with Crippen LogP contribution in [0, 0.1) is 0 Å². The highest BCUT2D eigenvalue weighted by Crippen LogP contribution is 2.35. The van der Waals surface area contributed by atoms with E-state index in [1.54, 1.807) is 47.4 Å². The van der Waals surface area contributed by atoms with Crippen LogP contribution in [0.15, 0.2) is 71.5 Å². The first-order valence-corrected chi connectivity index (χ1v) is 11.0. The lowest BCUT2D eigenvalue weighted by Crippen LogP contribution is -2.32. The molecule has 2 heterocycles. The largest absolute Gasteiger partial charge is 0.454 e. The van der Waals surface area contributed by atoms with Crippen LogP contribution < -0.4 is 15.0 Å². The molecule has 0 saturated heterocycles. The number of nitrogens with zero attached hydrogens (tertiary/aromatic N) is 1. The summed E-state index contributed by atoms with van der Waals surface area (Å²) in [5.74, 6) is 0.895. The number of aromatic amines is 1. The van der Waals surface area contributed by atoms with Crippen LogP contribution in [0.4, 0.5) is 0 Å². The summed E-state index contributed by atoms with van der Waals surface area (Å²) in [5.41, 5.74) is 1.88. The fraction of sp³-hybridized carbons (Fsp3) is 0.120. The van der Waals surface area contributed by atoms with Gasteiger partial charge >= 0.3 is 0 Å². The van der Waals surface area contributed by atoms with Gasteiger partial charge in [0.25, 0.3) is 11.5 Å². The lowest BCUT2D eigenvalue weighted by Gasteiger charge is -2.24. The first-order valence-electron chi connectivity index (χ1n) is 10.2. The summed E-state index contributed by atoms with van der Waals surface area (Å²) < 4.78 is 10.8. The zero-order valence-electron chi connectivity index (χ0n) is 17.3. The van der Waals surface area contributed by atoms with Gasteiger partial charge in [0.05, 0.1) is 22.6 Å². The number of halogens is 2. The normalized spacial score (nSPS) is 12.2. The Labute approximate surface area is 199 Å². The van der Waals surface area contributed by atoms with Gasteiger partial charge in [-0.15, -0.1) is 0 Å². The van der Waals surface area contributed by atoms with E-state index in [4.69, 9.17) is 32.7 Å². The molecule has 1 aromatic heterocycles. The number of hydrogen-bond acceptors (Lipinski definition) is 4. The zero-order chi connectivity index (χ0) is 22.9. The Morgan fingerprint density at radius 3 is 2.30 bits per heavy atom. The van der Waals surface area contributed by atoms with Crippen molar-refractivity contribution in [2.75, 3.05) is 6.79 Å². The minimum atomic E-state index is -0.300. The summed E-state index contributed by atoms with van der Waals surface area (Å²) in [5, 5.41) is 1.65. The number of H-pyrrole nitrogens is 1. The highest BCUT2D eigenvalue weighted by Gasteiger charge is 2.22. The molecule has 1 N–H and O–H groups in total. The van der Waals surface area contributed by atoms with E-state index in [1.807, 2.05) is 24.3 Å².